The number of hydrogen-bond donors (Lipinski definition) is 1. The van der Waals surface area contributed by atoms with E-state index in [2.05, 4.69) is 24.0 Å². The van der Waals surface area contributed by atoms with E-state index in [-0.39, 0.29) is 23.2 Å². The Morgan fingerprint density at radius 1 is 1.27 bits per heavy atom. The highest BCUT2D eigenvalue weighted by molar-refractivity contribution is 8.00. The normalized spacial score (nSPS) is 21.6. The third-order valence-corrected chi connectivity index (χ3v) is 6.23. The van der Waals surface area contributed by atoms with Gasteiger partial charge in [-0.1, -0.05) is 35.5 Å². The zero-order valence-corrected chi connectivity index (χ0v) is 16.8. The van der Waals surface area contributed by atoms with Crippen molar-refractivity contribution in [1.29, 1.82) is 0 Å². The Balaban J connectivity index is 1.77. The minimum atomic E-state index is -0.288. The average Bonchev–Trinajstić information content (AvgIpc) is 2.95. The van der Waals surface area contributed by atoms with Crippen LogP contribution in [0.3, 0.4) is 0 Å². The van der Waals surface area contributed by atoms with Crippen LogP contribution in [0.4, 0.5) is 0 Å². The van der Waals surface area contributed by atoms with E-state index >= 15 is 0 Å². The van der Waals surface area contributed by atoms with Crippen molar-refractivity contribution in [3.63, 3.8) is 0 Å². The van der Waals surface area contributed by atoms with Crippen molar-refractivity contribution in [2.45, 2.75) is 62.5 Å². The molecule has 3 rings (SSSR count). The Morgan fingerprint density at radius 3 is 2.58 bits per heavy atom. The van der Waals surface area contributed by atoms with Gasteiger partial charge in [0.1, 0.15) is 0 Å². The third kappa shape index (κ3) is 3.69. The largest absolute Gasteiger partial charge is 0.336 e. The number of rotatable bonds is 4. The van der Waals surface area contributed by atoms with Gasteiger partial charge in [-0.3, -0.25) is 4.79 Å². The third-order valence-electron chi connectivity index (χ3n) is 4.86. The van der Waals surface area contributed by atoms with Gasteiger partial charge >= 0.3 is 0 Å². The molecule has 0 aliphatic carbocycles. The number of carbonyl (C=O) groups excluding carboxylic acids is 1. The number of nitrogens with two attached hydrogens (primary N) is 1. The van der Waals surface area contributed by atoms with Crippen LogP contribution in [0.15, 0.2) is 29.4 Å². The number of piperidine rings is 1. The van der Waals surface area contributed by atoms with Crippen LogP contribution in [0.5, 0.6) is 0 Å². The fourth-order valence-electron chi connectivity index (χ4n) is 3.46. The van der Waals surface area contributed by atoms with Gasteiger partial charge in [-0.2, -0.15) is 0 Å². The van der Waals surface area contributed by atoms with E-state index in [4.69, 9.17) is 17.4 Å². The lowest BCUT2D eigenvalue weighted by atomic mass is 9.97. The van der Waals surface area contributed by atoms with Gasteiger partial charge < -0.3 is 10.7 Å². The summed E-state index contributed by atoms with van der Waals surface area (Å²) in [5, 5.41) is 9.09. The zero-order chi connectivity index (χ0) is 18.8. The van der Waals surface area contributed by atoms with Crippen LogP contribution in [0.25, 0.3) is 11.4 Å². The molecule has 140 valence electrons. The smallest absolute Gasteiger partial charge is 0.236 e. The van der Waals surface area contributed by atoms with Crippen LogP contribution in [0, 0.1) is 0 Å². The quantitative estimate of drug-likeness (QED) is 0.634. The molecule has 3 atom stereocenters. The molecule has 1 aliphatic heterocycles. The van der Waals surface area contributed by atoms with Crippen LogP contribution < -0.4 is 5.84 Å². The molecule has 2 aromatic rings. The zero-order valence-electron chi connectivity index (χ0n) is 15.2. The molecule has 6 nitrogen and oxygen atoms in total. The van der Waals surface area contributed by atoms with Crippen molar-refractivity contribution < 1.29 is 4.79 Å². The lowest BCUT2D eigenvalue weighted by Gasteiger charge is -2.40. The Hall–Kier alpha value is -1.73. The molecule has 8 heteroatoms. The Morgan fingerprint density at radius 2 is 1.92 bits per heavy atom. The maximum Gasteiger partial charge on any atom is 0.236 e. The number of nitrogen functional groups attached to an aromatic ring is 1. The molecule has 1 aromatic carbocycles. The summed E-state index contributed by atoms with van der Waals surface area (Å²) in [4.78, 5) is 15.0. The van der Waals surface area contributed by atoms with E-state index in [1.807, 2.05) is 30.0 Å². The Labute approximate surface area is 163 Å². The SMILES string of the molecule is C[C@@H](Sc1nnc(-c2ccccc2Cl)n1N)C(=O)N1[C@@H](C)CCC[C@@H]1C. The van der Waals surface area contributed by atoms with Gasteiger partial charge in [0.25, 0.3) is 0 Å². The molecule has 0 bridgehead atoms. The first-order valence-corrected chi connectivity index (χ1v) is 10.1. The number of halogens is 1. The van der Waals surface area contributed by atoms with E-state index in [0.29, 0.717) is 21.6 Å². The summed E-state index contributed by atoms with van der Waals surface area (Å²) in [5.41, 5.74) is 0.716. The minimum absolute atomic E-state index is 0.122. The Kier molecular flexibility index (Phi) is 5.77. The predicted molar refractivity (Wildman–Crippen MR) is 106 cm³/mol. The van der Waals surface area contributed by atoms with Crippen LogP contribution >= 0.6 is 23.4 Å². The van der Waals surface area contributed by atoms with Crippen molar-refractivity contribution in [1.82, 2.24) is 19.8 Å². The molecule has 1 aromatic heterocycles. The van der Waals surface area contributed by atoms with Gasteiger partial charge in [-0.25, -0.2) is 4.68 Å². The van der Waals surface area contributed by atoms with Crippen molar-refractivity contribution in [2.75, 3.05) is 5.84 Å². The molecule has 2 heterocycles. The lowest BCUT2D eigenvalue weighted by Crippen LogP contribution is -2.50. The molecule has 2 N–H and O–H groups in total. The van der Waals surface area contributed by atoms with Gasteiger partial charge in [0.2, 0.25) is 11.1 Å². The molecule has 0 saturated carbocycles. The number of hydrogen-bond acceptors (Lipinski definition) is 5. The number of likely N-dealkylation sites (tertiary alicyclic amines) is 1. The van der Waals surface area contributed by atoms with Crippen molar-refractivity contribution in [3.05, 3.63) is 29.3 Å². The monoisotopic (exact) mass is 393 g/mol. The van der Waals surface area contributed by atoms with Crippen molar-refractivity contribution in [3.8, 4) is 11.4 Å². The fourth-order valence-corrected chi connectivity index (χ4v) is 4.50. The number of benzene rings is 1. The van der Waals surface area contributed by atoms with Crippen molar-refractivity contribution >= 4 is 29.3 Å². The molecule has 0 radical (unpaired) electrons. The first-order valence-electron chi connectivity index (χ1n) is 8.84. The molecular weight excluding hydrogens is 370 g/mol. The summed E-state index contributed by atoms with van der Waals surface area (Å²) in [6.45, 7) is 6.13. The van der Waals surface area contributed by atoms with E-state index in [9.17, 15) is 4.79 Å². The summed E-state index contributed by atoms with van der Waals surface area (Å²) in [7, 11) is 0. The van der Waals surface area contributed by atoms with Gasteiger partial charge in [-0.15, -0.1) is 10.2 Å². The number of carbonyl (C=O) groups is 1. The Bertz CT molecular complexity index is 786. The van der Waals surface area contributed by atoms with Gasteiger partial charge in [0.15, 0.2) is 5.82 Å². The van der Waals surface area contributed by atoms with E-state index < -0.39 is 0 Å². The van der Waals surface area contributed by atoms with E-state index in [0.717, 1.165) is 12.8 Å². The lowest BCUT2D eigenvalue weighted by molar-refractivity contribution is -0.136. The second-order valence-electron chi connectivity index (χ2n) is 6.79. The first-order chi connectivity index (χ1) is 12.4. The van der Waals surface area contributed by atoms with E-state index in [1.54, 1.807) is 6.07 Å². The second-order valence-corrected chi connectivity index (χ2v) is 8.51. The number of thioether (sulfide) groups is 1. The summed E-state index contributed by atoms with van der Waals surface area (Å²) >= 11 is 7.55. The molecule has 1 saturated heterocycles. The van der Waals surface area contributed by atoms with Gasteiger partial charge in [0, 0.05) is 17.6 Å². The molecule has 1 aliphatic rings. The second kappa shape index (κ2) is 7.88. The highest BCUT2D eigenvalue weighted by atomic mass is 35.5. The highest BCUT2D eigenvalue weighted by Crippen LogP contribution is 2.31. The molecule has 0 unspecified atom stereocenters. The minimum Gasteiger partial charge on any atom is -0.336 e. The fraction of sp³-hybridized carbons (Fsp3) is 0.500. The summed E-state index contributed by atoms with van der Waals surface area (Å²) in [6.07, 6.45) is 3.28. The topological polar surface area (TPSA) is 77.0 Å². The maximum absolute atomic E-state index is 13.0. The first kappa shape index (κ1) is 19.0. The van der Waals surface area contributed by atoms with Crippen LogP contribution in [-0.2, 0) is 4.79 Å². The number of nitrogens with zero attached hydrogens (tertiary/aromatic N) is 4. The average molecular weight is 394 g/mol. The van der Waals surface area contributed by atoms with Crippen LogP contribution in [0.2, 0.25) is 5.02 Å². The van der Waals surface area contributed by atoms with Crippen LogP contribution in [0.1, 0.15) is 40.0 Å². The highest BCUT2D eigenvalue weighted by Gasteiger charge is 2.32. The molecule has 1 fully saturated rings. The van der Waals surface area contributed by atoms with Gasteiger partial charge in [-0.05, 0) is 52.2 Å². The van der Waals surface area contributed by atoms with Crippen LogP contribution in [-0.4, -0.2) is 43.0 Å². The number of amides is 1. The summed E-state index contributed by atoms with van der Waals surface area (Å²) in [6, 6.07) is 7.88. The van der Waals surface area contributed by atoms with Crippen molar-refractivity contribution in [2.24, 2.45) is 0 Å². The molecular formula is C18H24ClN5OS. The summed E-state index contributed by atoms with van der Waals surface area (Å²) in [5.74, 6) is 6.78. The molecule has 0 spiro atoms. The number of aromatic nitrogens is 3. The standard InChI is InChI=1S/C18H24ClN5OS/c1-11-7-6-8-12(2)23(11)17(25)13(3)26-18-22-21-16(24(18)20)14-9-4-5-10-15(14)19/h4-5,9-13H,6-8,20H2,1-3H3/t11-,12-,13+/m0/s1. The molecule has 26 heavy (non-hydrogen) atoms. The molecule has 1 amide bonds. The predicted octanol–water partition coefficient (Wildman–Crippen LogP) is 3.58. The maximum atomic E-state index is 13.0. The summed E-state index contributed by atoms with van der Waals surface area (Å²) < 4.78 is 1.40. The van der Waals surface area contributed by atoms with Gasteiger partial charge in [0.05, 0.1) is 10.3 Å². The van der Waals surface area contributed by atoms with E-state index in [1.165, 1.54) is 22.9 Å².